The molecule has 1 amide bonds. The Morgan fingerprint density at radius 1 is 1.10 bits per heavy atom. The number of ether oxygens (including phenoxy) is 1. The zero-order chi connectivity index (χ0) is 21.0. The summed E-state index contributed by atoms with van der Waals surface area (Å²) in [6, 6.07) is 10.9. The molecule has 1 aromatic heterocycles. The van der Waals surface area contributed by atoms with E-state index in [0.29, 0.717) is 28.3 Å². The Labute approximate surface area is 172 Å². The molecule has 2 aromatic carbocycles. The molecule has 3 aromatic rings. The maximum Gasteiger partial charge on any atom is 0.338 e. The monoisotopic (exact) mass is 415 g/mol. The summed E-state index contributed by atoms with van der Waals surface area (Å²) in [7, 11) is 5.19. The van der Waals surface area contributed by atoms with Gasteiger partial charge in [0.2, 0.25) is 0 Å². The SMILES string of the molecule is COC(=O)c1ccccc1C(=O)N(CCCN(C)C)c1nc2ccc(F)cc2s1. The number of hydrogen-bond acceptors (Lipinski definition) is 6. The minimum atomic E-state index is -0.575. The Bertz CT molecular complexity index is 1030. The van der Waals surface area contributed by atoms with Crippen LogP contribution in [0.4, 0.5) is 9.52 Å². The number of carbonyl (C=O) groups excluding carboxylic acids is 2. The quantitative estimate of drug-likeness (QED) is 0.549. The molecule has 1 heterocycles. The maximum absolute atomic E-state index is 13.6. The zero-order valence-electron chi connectivity index (χ0n) is 16.5. The first-order chi connectivity index (χ1) is 13.9. The number of nitrogens with zero attached hydrogens (tertiary/aromatic N) is 3. The van der Waals surface area contributed by atoms with Crippen molar-refractivity contribution >= 4 is 38.6 Å². The summed E-state index contributed by atoms with van der Waals surface area (Å²) in [5, 5.41) is 0.467. The molecule has 3 rings (SSSR count). The van der Waals surface area contributed by atoms with E-state index in [1.807, 2.05) is 19.0 Å². The highest BCUT2D eigenvalue weighted by atomic mass is 32.1. The summed E-state index contributed by atoms with van der Waals surface area (Å²) in [4.78, 5) is 33.6. The van der Waals surface area contributed by atoms with E-state index in [0.717, 1.165) is 6.54 Å². The summed E-state index contributed by atoms with van der Waals surface area (Å²) in [5.41, 5.74) is 1.07. The van der Waals surface area contributed by atoms with Crippen LogP contribution in [0.3, 0.4) is 0 Å². The third-order valence-corrected chi connectivity index (χ3v) is 5.41. The Morgan fingerprint density at radius 3 is 2.52 bits per heavy atom. The average Bonchev–Trinajstić information content (AvgIpc) is 3.12. The van der Waals surface area contributed by atoms with E-state index < -0.39 is 5.97 Å². The van der Waals surface area contributed by atoms with Crippen molar-refractivity contribution in [3.8, 4) is 0 Å². The first-order valence-corrected chi connectivity index (χ1v) is 9.92. The van der Waals surface area contributed by atoms with Crippen LogP contribution in [0.2, 0.25) is 0 Å². The molecule has 0 N–H and O–H groups in total. The van der Waals surface area contributed by atoms with Crippen molar-refractivity contribution in [1.82, 2.24) is 9.88 Å². The lowest BCUT2D eigenvalue weighted by molar-refractivity contribution is 0.0597. The number of anilines is 1. The number of amides is 1. The van der Waals surface area contributed by atoms with Crippen molar-refractivity contribution in [3.63, 3.8) is 0 Å². The molecule has 0 unspecified atom stereocenters. The van der Waals surface area contributed by atoms with E-state index in [1.54, 1.807) is 35.2 Å². The smallest absolute Gasteiger partial charge is 0.338 e. The molecular weight excluding hydrogens is 393 g/mol. The van der Waals surface area contributed by atoms with Gasteiger partial charge in [0.15, 0.2) is 5.13 Å². The largest absolute Gasteiger partial charge is 0.465 e. The van der Waals surface area contributed by atoms with Gasteiger partial charge in [-0.15, -0.1) is 0 Å². The molecule has 152 valence electrons. The van der Waals surface area contributed by atoms with Gasteiger partial charge in [-0.05, 0) is 57.4 Å². The van der Waals surface area contributed by atoms with Gasteiger partial charge in [0, 0.05) is 6.54 Å². The molecule has 0 saturated carbocycles. The van der Waals surface area contributed by atoms with Crippen LogP contribution >= 0.6 is 11.3 Å². The number of methoxy groups -OCH3 is 1. The molecule has 6 nitrogen and oxygen atoms in total. The van der Waals surface area contributed by atoms with Crippen LogP contribution in [-0.2, 0) is 4.74 Å². The van der Waals surface area contributed by atoms with E-state index >= 15 is 0 Å². The highest BCUT2D eigenvalue weighted by molar-refractivity contribution is 7.22. The second-order valence-corrected chi connectivity index (χ2v) is 7.77. The molecular formula is C21H22FN3O3S. The number of aromatic nitrogens is 1. The number of halogens is 1. The van der Waals surface area contributed by atoms with Crippen LogP contribution in [0.1, 0.15) is 27.1 Å². The first kappa shape index (κ1) is 20.9. The first-order valence-electron chi connectivity index (χ1n) is 9.10. The van der Waals surface area contributed by atoms with Crippen molar-refractivity contribution in [2.45, 2.75) is 6.42 Å². The van der Waals surface area contributed by atoms with E-state index in [1.165, 1.54) is 30.6 Å². The molecule has 29 heavy (non-hydrogen) atoms. The van der Waals surface area contributed by atoms with E-state index in [4.69, 9.17) is 4.74 Å². The number of rotatable bonds is 7. The van der Waals surface area contributed by atoms with Crippen molar-refractivity contribution in [1.29, 1.82) is 0 Å². The van der Waals surface area contributed by atoms with Gasteiger partial charge in [-0.25, -0.2) is 14.2 Å². The standard InChI is InChI=1S/C21H22FN3O3S/c1-24(2)11-6-12-25(21-23-17-10-9-14(22)13-18(17)29-21)19(26)15-7-4-5-8-16(15)20(27)28-3/h4-5,7-10,13H,6,11-12H2,1-3H3. The number of hydrogen-bond donors (Lipinski definition) is 0. The summed E-state index contributed by atoms with van der Waals surface area (Å²) in [5.74, 6) is -1.27. The van der Waals surface area contributed by atoms with E-state index in [9.17, 15) is 14.0 Å². The van der Waals surface area contributed by atoms with Crippen LogP contribution in [0.25, 0.3) is 10.2 Å². The van der Waals surface area contributed by atoms with Crippen LogP contribution < -0.4 is 4.90 Å². The third-order valence-electron chi connectivity index (χ3n) is 4.37. The van der Waals surface area contributed by atoms with Crippen molar-refractivity contribution in [3.05, 3.63) is 59.4 Å². The predicted molar refractivity (Wildman–Crippen MR) is 112 cm³/mol. The van der Waals surface area contributed by atoms with Crippen LogP contribution in [-0.4, -0.2) is 56.1 Å². The average molecular weight is 415 g/mol. The van der Waals surface area contributed by atoms with Crippen LogP contribution in [0.15, 0.2) is 42.5 Å². The Hall–Kier alpha value is -2.84. The predicted octanol–water partition coefficient (Wildman–Crippen LogP) is 3.82. The normalized spacial score (nSPS) is 11.1. The van der Waals surface area contributed by atoms with Gasteiger partial charge >= 0.3 is 5.97 Å². The highest BCUT2D eigenvalue weighted by Gasteiger charge is 2.25. The Balaban J connectivity index is 2.00. The zero-order valence-corrected chi connectivity index (χ0v) is 17.3. The van der Waals surface area contributed by atoms with Crippen molar-refractivity contribution < 1.29 is 18.7 Å². The van der Waals surface area contributed by atoms with Gasteiger partial charge in [0.05, 0.1) is 28.5 Å². The topological polar surface area (TPSA) is 62.7 Å². The van der Waals surface area contributed by atoms with Crippen molar-refractivity contribution in [2.75, 3.05) is 39.2 Å². The Morgan fingerprint density at radius 2 is 1.83 bits per heavy atom. The number of benzene rings is 2. The third kappa shape index (κ3) is 4.78. The van der Waals surface area contributed by atoms with Gasteiger partial charge in [0.25, 0.3) is 5.91 Å². The molecule has 0 saturated heterocycles. The molecule has 0 bridgehead atoms. The summed E-state index contributed by atoms with van der Waals surface area (Å²) < 4.78 is 19.1. The minimum Gasteiger partial charge on any atom is -0.465 e. The van der Waals surface area contributed by atoms with E-state index in [-0.39, 0.29) is 22.9 Å². The van der Waals surface area contributed by atoms with Gasteiger partial charge in [0.1, 0.15) is 5.82 Å². The summed E-state index contributed by atoms with van der Waals surface area (Å²) in [6.07, 6.45) is 0.712. The van der Waals surface area contributed by atoms with Crippen molar-refractivity contribution in [2.24, 2.45) is 0 Å². The van der Waals surface area contributed by atoms with Gasteiger partial charge in [-0.1, -0.05) is 23.5 Å². The van der Waals surface area contributed by atoms with Gasteiger partial charge in [-0.2, -0.15) is 0 Å². The highest BCUT2D eigenvalue weighted by Crippen LogP contribution is 2.31. The lowest BCUT2D eigenvalue weighted by atomic mass is 10.1. The minimum absolute atomic E-state index is 0.199. The molecule has 8 heteroatoms. The van der Waals surface area contributed by atoms with Crippen LogP contribution in [0, 0.1) is 5.82 Å². The molecule has 0 fully saturated rings. The van der Waals surface area contributed by atoms with Gasteiger partial charge < -0.3 is 9.64 Å². The fourth-order valence-electron chi connectivity index (χ4n) is 2.93. The second-order valence-electron chi connectivity index (χ2n) is 6.76. The molecule has 0 aliphatic heterocycles. The van der Waals surface area contributed by atoms with Gasteiger partial charge in [-0.3, -0.25) is 9.69 Å². The van der Waals surface area contributed by atoms with E-state index in [2.05, 4.69) is 4.98 Å². The number of esters is 1. The van der Waals surface area contributed by atoms with Crippen LogP contribution in [0.5, 0.6) is 0 Å². The molecule has 0 spiro atoms. The molecule has 0 radical (unpaired) electrons. The summed E-state index contributed by atoms with van der Waals surface area (Å²) in [6.45, 7) is 1.19. The lowest BCUT2D eigenvalue weighted by Crippen LogP contribution is -2.34. The number of carbonyl (C=O) groups is 2. The molecule has 0 aliphatic rings. The number of thiazole rings is 1. The fraction of sp³-hybridized carbons (Fsp3) is 0.286. The molecule has 0 aliphatic carbocycles. The fourth-order valence-corrected chi connectivity index (χ4v) is 3.95. The lowest BCUT2D eigenvalue weighted by Gasteiger charge is -2.22. The maximum atomic E-state index is 13.6. The number of fused-ring (bicyclic) bond motifs is 1. The molecule has 0 atom stereocenters. The second kappa shape index (κ2) is 9.11. The summed E-state index contributed by atoms with van der Waals surface area (Å²) >= 11 is 1.25. The Kier molecular flexibility index (Phi) is 6.56.